The van der Waals surface area contributed by atoms with Gasteiger partial charge >= 0.3 is 0 Å². The molecule has 122 valence electrons. The fraction of sp³-hybridized carbons (Fsp3) is 0.333. The van der Waals surface area contributed by atoms with E-state index in [9.17, 15) is 9.59 Å². The fourth-order valence-electron chi connectivity index (χ4n) is 1.99. The molecule has 0 spiro atoms. The molecule has 0 atom stereocenters. The zero-order valence-electron chi connectivity index (χ0n) is 13.7. The highest BCUT2D eigenvalue weighted by atomic mass is 32.1. The lowest BCUT2D eigenvalue weighted by Crippen LogP contribution is -2.39. The van der Waals surface area contributed by atoms with Crippen molar-refractivity contribution in [2.75, 3.05) is 13.1 Å². The van der Waals surface area contributed by atoms with E-state index in [1.165, 1.54) is 0 Å². The Balaban J connectivity index is 1.87. The minimum atomic E-state index is -0.418. The number of nitrogens with one attached hydrogen (secondary N) is 2. The summed E-state index contributed by atoms with van der Waals surface area (Å²) in [6, 6.07) is 9.57. The standard InChI is InChI=1S/C18H22N2O2S/c1-18(2,3)17(22)20-9-8-19-16(21)14-6-4-5-13(11-14)15-7-10-23-12-15/h4-7,10-12H,8-9H2,1-3H3,(H,19,21)(H,20,22). The predicted octanol–water partition coefficient (Wildman–Crippen LogP) is 3.31. The molecule has 2 aromatic rings. The van der Waals surface area contributed by atoms with Gasteiger partial charge in [-0.1, -0.05) is 32.9 Å². The van der Waals surface area contributed by atoms with Gasteiger partial charge < -0.3 is 10.6 Å². The first kappa shape index (κ1) is 17.2. The number of benzene rings is 1. The maximum Gasteiger partial charge on any atom is 0.251 e. The molecule has 1 aromatic carbocycles. The zero-order chi connectivity index (χ0) is 16.9. The normalized spacial score (nSPS) is 11.1. The van der Waals surface area contributed by atoms with Crippen LogP contribution in [0.5, 0.6) is 0 Å². The Bertz CT molecular complexity index is 673. The van der Waals surface area contributed by atoms with Crippen molar-refractivity contribution in [2.24, 2.45) is 5.41 Å². The summed E-state index contributed by atoms with van der Waals surface area (Å²) in [7, 11) is 0. The molecule has 2 amide bonds. The average molecular weight is 330 g/mol. The summed E-state index contributed by atoms with van der Waals surface area (Å²) in [4.78, 5) is 23.9. The molecule has 0 bridgehead atoms. The van der Waals surface area contributed by atoms with E-state index in [1.807, 2.05) is 50.4 Å². The lowest BCUT2D eigenvalue weighted by atomic mass is 9.96. The van der Waals surface area contributed by atoms with Crippen molar-refractivity contribution in [3.05, 3.63) is 46.7 Å². The number of thiophene rings is 1. The average Bonchev–Trinajstić information content (AvgIpc) is 3.04. The van der Waals surface area contributed by atoms with Gasteiger partial charge in [0.1, 0.15) is 0 Å². The van der Waals surface area contributed by atoms with Crippen LogP contribution < -0.4 is 10.6 Å². The van der Waals surface area contributed by atoms with Crippen LogP contribution in [0.3, 0.4) is 0 Å². The first-order valence-corrected chi connectivity index (χ1v) is 8.51. The molecule has 1 heterocycles. The molecular weight excluding hydrogens is 308 g/mol. The van der Waals surface area contributed by atoms with Crippen molar-refractivity contribution in [1.82, 2.24) is 10.6 Å². The highest BCUT2D eigenvalue weighted by Gasteiger charge is 2.20. The summed E-state index contributed by atoms with van der Waals surface area (Å²) in [5.41, 5.74) is 2.34. The third kappa shape index (κ3) is 4.93. The summed E-state index contributed by atoms with van der Waals surface area (Å²) in [6.45, 7) is 6.40. The summed E-state index contributed by atoms with van der Waals surface area (Å²) < 4.78 is 0. The van der Waals surface area contributed by atoms with Crippen LogP contribution in [0.15, 0.2) is 41.1 Å². The van der Waals surface area contributed by atoms with Gasteiger partial charge in [0.25, 0.3) is 5.91 Å². The van der Waals surface area contributed by atoms with E-state index in [2.05, 4.69) is 16.0 Å². The highest BCUT2D eigenvalue weighted by Crippen LogP contribution is 2.22. The van der Waals surface area contributed by atoms with Crippen LogP contribution in [0.4, 0.5) is 0 Å². The zero-order valence-corrected chi connectivity index (χ0v) is 14.5. The van der Waals surface area contributed by atoms with Crippen molar-refractivity contribution < 1.29 is 9.59 Å². The van der Waals surface area contributed by atoms with E-state index < -0.39 is 5.41 Å². The Kier molecular flexibility index (Phi) is 5.55. The SMILES string of the molecule is CC(C)(C)C(=O)NCCNC(=O)c1cccc(-c2ccsc2)c1. The van der Waals surface area contributed by atoms with Crippen LogP contribution in [0.1, 0.15) is 31.1 Å². The maximum atomic E-state index is 12.2. The third-order valence-electron chi connectivity index (χ3n) is 3.36. The van der Waals surface area contributed by atoms with Crippen molar-refractivity contribution >= 4 is 23.2 Å². The van der Waals surface area contributed by atoms with Gasteiger partial charge in [-0.3, -0.25) is 9.59 Å². The fourth-order valence-corrected chi connectivity index (χ4v) is 2.65. The monoisotopic (exact) mass is 330 g/mol. The number of carbonyl (C=O) groups excluding carboxylic acids is 2. The van der Waals surface area contributed by atoms with Gasteiger partial charge in [-0.2, -0.15) is 11.3 Å². The summed E-state index contributed by atoms with van der Waals surface area (Å²) in [5.74, 6) is -0.154. The molecule has 0 aliphatic rings. The third-order valence-corrected chi connectivity index (χ3v) is 4.04. The number of hydrogen-bond donors (Lipinski definition) is 2. The molecule has 1 aromatic heterocycles. The van der Waals surface area contributed by atoms with E-state index in [0.29, 0.717) is 18.7 Å². The topological polar surface area (TPSA) is 58.2 Å². The molecule has 4 nitrogen and oxygen atoms in total. The highest BCUT2D eigenvalue weighted by molar-refractivity contribution is 7.08. The first-order chi connectivity index (χ1) is 10.9. The van der Waals surface area contributed by atoms with Gasteiger partial charge in [-0.05, 0) is 40.1 Å². The van der Waals surface area contributed by atoms with Crippen LogP contribution in [0, 0.1) is 5.41 Å². The molecule has 2 rings (SSSR count). The molecule has 2 N–H and O–H groups in total. The Morgan fingerprint density at radius 2 is 1.78 bits per heavy atom. The number of carbonyl (C=O) groups is 2. The van der Waals surface area contributed by atoms with Gasteiger partial charge in [-0.25, -0.2) is 0 Å². The summed E-state index contributed by atoms with van der Waals surface area (Å²) in [5, 5.41) is 9.71. The number of amides is 2. The van der Waals surface area contributed by atoms with Crippen LogP contribution in [0.25, 0.3) is 11.1 Å². The molecule has 0 saturated carbocycles. The van der Waals surface area contributed by atoms with Crippen LogP contribution in [-0.2, 0) is 4.79 Å². The molecule has 23 heavy (non-hydrogen) atoms. The largest absolute Gasteiger partial charge is 0.354 e. The van der Waals surface area contributed by atoms with E-state index in [0.717, 1.165) is 11.1 Å². The Hall–Kier alpha value is -2.14. The predicted molar refractivity (Wildman–Crippen MR) is 94.6 cm³/mol. The molecule has 0 radical (unpaired) electrons. The lowest BCUT2D eigenvalue weighted by molar-refractivity contribution is -0.128. The molecule has 0 fully saturated rings. The second-order valence-electron chi connectivity index (χ2n) is 6.35. The van der Waals surface area contributed by atoms with Gasteiger partial charge in [0.2, 0.25) is 5.91 Å². The Morgan fingerprint density at radius 1 is 1.04 bits per heavy atom. The van der Waals surface area contributed by atoms with Crippen molar-refractivity contribution in [3.8, 4) is 11.1 Å². The minimum Gasteiger partial charge on any atom is -0.354 e. The van der Waals surface area contributed by atoms with E-state index >= 15 is 0 Å². The van der Waals surface area contributed by atoms with Crippen molar-refractivity contribution in [3.63, 3.8) is 0 Å². The van der Waals surface area contributed by atoms with Crippen molar-refractivity contribution in [2.45, 2.75) is 20.8 Å². The Morgan fingerprint density at radius 3 is 2.43 bits per heavy atom. The molecular formula is C18H22N2O2S. The van der Waals surface area contributed by atoms with Crippen LogP contribution in [0.2, 0.25) is 0 Å². The molecule has 0 aliphatic heterocycles. The second kappa shape index (κ2) is 7.42. The van der Waals surface area contributed by atoms with Gasteiger partial charge in [0.05, 0.1) is 0 Å². The molecule has 0 unspecified atom stereocenters. The minimum absolute atomic E-state index is 0.0220. The van der Waals surface area contributed by atoms with E-state index in [4.69, 9.17) is 0 Å². The molecule has 0 aliphatic carbocycles. The van der Waals surface area contributed by atoms with E-state index in [-0.39, 0.29) is 11.8 Å². The van der Waals surface area contributed by atoms with E-state index in [1.54, 1.807) is 17.4 Å². The van der Waals surface area contributed by atoms with Gasteiger partial charge in [0.15, 0.2) is 0 Å². The number of hydrogen-bond acceptors (Lipinski definition) is 3. The van der Waals surface area contributed by atoms with Crippen LogP contribution >= 0.6 is 11.3 Å². The van der Waals surface area contributed by atoms with Crippen LogP contribution in [-0.4, -0.2) is 24.9 Å². The smallest absolute Gasteiger partial charge is 0.251 e. The molecule has 5 heteroatoms. The quantitative estimate of drug-likeness (QED) is 0.826. The first-order valence-electron chi connectivity index (χ1n) is 7.57. The summed E-state index contributed by atoms with van der Waals surface area (Å²) in [6.07, 6.45) is 0. The van der Waals surface area contributed by atoms with Gasteiger partial charge in [0, 0.05) is 24.1 Å². The summed E-state index contributed by atoms with van der Waals surface area (Å²) >= 11 is 1.63. The van der Waals surface area contributed by atoms with Crippen molar-refractivity contribution in [1.29, 1.82) is 0 Å². The Labute approximate surface area is 140 Å². The molecule has 0 saturated heterocycles. The maximum absolute atomic E-state index is 12.2. The number of rotatable bonds is 5. The van der Waals surface area contributed by atoms with Gasteiger partial charge in [-0.15, -0.1) is 0 Å². The lowest BCUT2D eigenvalue weighted by Gasteiger charge is -2.17. The second-order valence-corrected chi connectivity index (χ2v) is 7.13.